The number of hydrogen-bond acceptors (Lipinski definition) is 3. The first-order chi connectivity index (χ1) is 8.80. The number of benzene rings is 1. The highest BCUT2D eigenvalue weighted by atomic mass is 35.5. The van der Waals surface area contributed by atoms with Gasteiger partial charge in [0.15, 0.2) is 0 Å². The molecule has 0 N–H and O–H groups in total. The molecule has 0 fully saturated rings. The van der Waals surface area contributed by atoms with E-state index in [0.29, 0.717) is 6.61 Å². The average Bonchev–Trinajstić information content (AvgIpc) is 2.33. The van der Waals surface area contributed by atoms with E-state index in [2.05, 4.69) is 20.8 Å². The van der Waals surface area contributed by atoms with Crippen molar-refractivity contribution in [2.75, 3.05) is 13.2 Å². The maximum Gasteiger partial charge on any atom is 0.323 e. The van der Waals surface area contributed by atoms with Gasteiger partial charge in [-0.15, -0.1) is 11.6 Å². The largest absolute Gasteiger partial charge is 0.490 e. The molecule has 0 spiro atoms. The summed E-state index contributed by atoms with van der Waals surface area (Å²) >= 11 is 5.57. The first-order valence-corrected chi connectivity index (χ1v) is 6.78. The molecule has 3 nitrogen and oxygen atoms in total. The molecule has 0 amide bonds. The van der Waals surface area contributed by atoms with Crippen LogP contribution in [0.15, 0.2) is 24.3 Å². The summed E-state index contributed by atoms with van der Waals surface area (Å²) in [5.74, 6) is 0.344. The predicted octanol–water partition coefficient (Wildman–Crippen LogP) is 3.53. The summed E-state index contributed by atoms with van der Waals surface area (Å²) < 4.78 is 10.4. The second kappa shape index (κ2) is 6.80. The van der Waals surface area contributed by atoms with E-state index in [0.717, 1.165) is 5.75 Å². The van der Waals surface area contributed by atoms with E-state index in [9.17, 15) is 4.79 Å². The third kappa shape index (κ3) is 5.52. The molecule has 1 atom stereocenters. The van der Waals surface area contributed by atoms with Crippen molar-refractivity contribution in [2.24, 2.45) is 0 Å². The Morgan fingerprint density at radius 2 is 1.79 bits per heavy atom. The van der Waals surface area contributed by atoms with Crippen LogP contribution in [0, 0.1) is 0 Å². The van der Waals surface area contributed by atoms with Gasteiger partial charge >= 0.3 is 5.97 Å². The molecule has 106 valence electrons. The Morgan fingerprint density at radius 1 is 1.21 bits per heavy atom. The van der Waals surface area contributed by atoms with Crippen molar-refractivity contribution in [3.63, 3.8) is 0 Å². The molecule has 0 radical (unpaired) electrons. The summed E-state index contributed by atoms with van der Waals surface area (Å²) in [7, 11) is 0. The summed E-state index contributed by atoms with van der Waals surface area (Å²) in [6.07, 6.45) is 0. The van der Waals surface area contributed by atoms with Gasteiger partial charge in [0.05, 0.1) is 0 Å². The second-order valence-electron chi connectivity index (χ2n) is 5.41. The van der Waals surface area contributed by atoms with Crippen LogP contribution >= 0.6 is 11.6 Å². The maximum absolute atomic E-state index is 11.1. The van der Waals surface area contributed by atoms with Crippen LogP contribution in [-0.4, -0.2) is 24.6 Å². The van der Waals surface area contributed by atoms with Crippen LogP contribution in [0.25, 0.3) is 0 Å². The van der Waals surface area contributed by atoms with Gasteiger partial charge in [-0.25, -0.2) is 0 Å². The molecule has 1 aromatic rings. The summed E-state index contributed by atoms with van der Waals surface area (Å²) in [5, 5.41) is -0.619. The molecule has 0 saturated heterocycles. The SMILES string of the molecule is CC(Cl)C(=O)OCCOc1ccc(C(C)(C)C)cc1. The fourth-order valence-electron chi connectivity index (χ4n) is 1.47. The van der Waals surface area contributed by atoms with Crippen LogP contribution in [0.1, 0.15) is 33.3 Å². The van der Waals surface area contributed by atoms with E-state index >= 15 is 0 Å². The fourth-order valence-corrected chi connectivity index (χ4v) is 1.53. The number of alkyl halides is 1. The number of carbonyl (C=O) groups is 1. The Kier molecular flexibility index (Phi) is 5.67. The van der Waals surface area contributed by atoms with Crippen molar-refractivity contribution < 1.29 is 14.3 Å². The first-order valence-electron chi connectivity index (χ1n) is 6.35. The fraction of sp³-hybridized carbons (Fsp3) is 0.533. The van der Waals surface area contributed by atoms with E-state index < -0.39 is 11.3 Å². The molecular formula is C15H21ClO3. The van der Waals surface area contributed by atoms with E-state index in [1.807, 2.05) is 24.3 Å². The van der Waals surface area contributed by atoms with Crippen molar-refractivity contribution in [2.45, 2.75) is 38.5 Å². The molecular weight excluding hydrogens is 264 g/mol. The molecule has 19 heavy (non-hydrogen) atoms. The minimum absolute atomic E-state index is 0.130. The van der Waals surface area contributed by atoms with Crippen LogP contribution in [-0.2, 0) is 14.9 Å². The van der Waals surface area contributed by atoms with Crippen molar-refractivity contribution in [1.29, 1.82) is 0 Å². The summed E-state index contributed by atoms with van der Waals surface area (Å²) in [5.41, 5.74) is 1.38. The molecule has 4 heteroatoms. The lowest BCUT2D eigenvalue weighted by Crippen LogP contribution is -2.18. The zero-order chi connectivity index (χ0) is 14.5. The minimum Gasteiger partial charge on any atom is -0.490 e. The Morgan fingerprint density at radius 3 is 2.26 bits per heavy atom. The van der Waals surface area contributed by atoms with Gasteiger partial charge in [-0.3, -0.25) is 4.79 Å². The van der Waals surface area contributed by atoms with E-state index in [1.54, 1.807) is 6.92 Å². The second-order valence-corrected chi connectivity index (χ2v) is 6.06. The first kappa shape index (κ1) is 15.8. The predicted molar refractivity (Wildman–Crippen MR) is 76.9 cm³/mol. The number of halogens is 1. The van der Waals surface area contributed by atoms with Crippen molar-refractivity contribution >= 4 is 17.6 Å². The molecule has 0 saturated carbocycles. The Bertz CT molecular complexity index is 404. The Balaban J connectivity index is 2.37. The Labute approximate surface area is 119 Å². The molecule has 0 bridgehead atoms. The topological polar surface area (TPSA) is 35.5 Å². The number of rotatable bonds is 5. The van der Waals surface area contributed by atoms with Crippen molar-refractivity contribution in [1.82, 2.24) is 0 Å². The lowest BCUT2D eigenvalue weighted by molar-refractivity contribution is -0.143. The molecule has 1 unspecified atom stereocenters. The summed E-state index contributed by atoms with van der Waals surface area (Å²) in [6.45, 7) is 8.60. The lowest BCUT2D eigenvalue weighted by Gasteiger charge is -2.19. The van der Waals surface area contributed by atoms with Crippen molar-refractivity contribution in [3.05, 3.63) is 29.8 Å². The van der Waals surface area contributed by atoms with Crippen LogP contribution in [0.3, 0.4) is 0 Å². The molecule has 0 heterocycles. The highest BCUT2D eigenvalue weighted by Gasteiger charge is 2.13. The zero-order valence-electron chi connectivity index (χ0n) is 11.9. The normalized spacial score (nSPS) is 12.9. The molecule has 1 rings (SSSR count). The van der Waals surface area contributed by atoms with E-state index in [1.165, 1.54) is 5.56 Å². The number of esters is 1. The summed E-state index contributed by atoms with van der Waals surface area (Å²) in [6, 6.07) is 7.93. The minimum atomic E-state index is -0.619. The third-order valence-corrected chi connectivity index (χ3v) is 2.82. The van der Waals surface area contributed by atoms with Gasteiger partial charge < -0.3 is 9.47 Å². The highest BCUT2D eigenvalue weighted by Crippen LogP contribution is 2.24. The van der Waals surface area contributed by atoms with Gasteiger partial charge in [0.25, 0.3) is 0 Å². The maximum atomic E-state index is 11.1. The molecule has 0 aromatic heterocycles. The van der Waals surface area contributed by atoms with E-state index in [4.69, 9.17) is 21.1 Å². The molecule has 1 aromatic carbocycles. The van der Waals surface area contributed by atoms with Gasteiger partial charge in [-0.2, -0.15) is 0 Å². The standard InChI is InChI=1S/C15H21ClO3/c1-11(16)14(17)19-10-9-18-13-7-5-12(6-8-13)15(2,3)4/h5-8,11H,9-10H2,1-4H3. The van der Waals surface area contributed by atoms with Crippen LogP contribution in [0.4, 0.5) is 0 Å². The smallest absolute Gasteiger partial charge is 0.323 e. The number of carbonyl (C=O) groups excluding carboxylic acids is 1. The van der Waals surface area contributed by atoms with E-state index in [-0.39, 0.29) is 12.0 Å². The highest BCUT2D eigenvalue weighted by molar-refractivity contribution is 6.29. The van der Waals surface area contributed by atoms with Gasteiger partial charge in [-0.1, -0.05) is 32.9 Å². The van der Waals surface area contributed by atoms with Gasteiger partial charge in [0, 0.05) is 0 Å². The monoisotopic (exact) mass is 284 g/mol. The van der Waals surface area contributed by atoms with Gasteiger partial charge in [0.2, 0.25) is 0 Å². The average molecular weight is 285 g/mol. The quantitative estimate of drug-likeness (QED) is 0.471. The van der Waals surface area contributed by atoms with Crippen LogP contribution < -0.4 is 4.74 Å². The van der Waals surface area contributed by atoms with Gasteiger partial charge in [-0.05, 0) is 30.0 Å². The number of ether oxygens (including phenoxy) is 2. The molecule has 0 aliphatic heterocycles. The van der Waals surface area contributed by atoms with Crippen molar-refractivity contribution in [3.8, 4) is 5.75 Å². The lowest BCUT2D eigenvalue weighted by atomic mass is 9.87. The van der Waals surface area contributed by atoms with Crippen LogP contribution in [0.5, 0.6) is 5.75 Å². The number of hydrogen-bond donors (Lipinski definition) is 0. The molecule has 0 aliphatic rings. The zero-order valence-corrected chi connectivity index (χ0v) is 12.7. The molecule has 0 aliphatic carbocycles. The summed E-state index contributed by atoms with van der Waals surface area (Å²) in [4.78, 5) is 11.1. The van der Waals surface area contributed by atoms with Gasteiger partial charge in [0.1, 0.15) is 24.3 Å². The van der Waals surface area contributed by atoms with Crippen LogP contribution in [0.2, 0.25) is 0 Å². The third-order valence-electron chi connectivity index (χ3n) is 2.64. The Hall–Kier alpha value is -1.22.